The van der Waals surface area contributed by atoms with Crippen molar-refractivity contribution in [2.45, 2.75) is 27.3 Å². The van der Waals surface area contributed by atoms with Crippen LogP contribution in [0.5, 0.6) is 5.75 Å². The molecule has 2 nitrogen and oxygen atoms in total. The summed E-state index contributed by atoms with van der Waals surface area (Å²) in [4.78, 5) is 0. The molecule has 0 saturated heterocycles. The first-order valence-electron chi connectivity index (χ1n) is 6.15. The molecule has 3 heteroatoms. The van der Waals surface area contributed by atoms with Gasteiger partial charge in [-0.2, -0.15) is 0 Å². The molecule has 0 heterocycles. The molecule has 0 radical (unpaired) electrons. The first-order valence-corrected chi connectivity index (χ1v) is 6.15. The predicted molar refractivity (Wildman–Crippen MR) is 71.9 cm³/mol. The smallest absolute Gasteiger partial charge is 0.149 e. The standard InChI is InChI=1S/C15H20FNO/c1-4-5-8-18-15-7-6-14(16)9-13(15)11-17-10-12(2)3/h6-7,9,12,17H,8,10-11H2,1-3H3. The zero-order valence-corrected chi connectivity index (χ0v) is 11.2. The Bertz CT molecular complexity index is 432. The highest BCUT2D eigenvalue weighted by atomic mass is 19.1. The monoisotopic (exact) mass is 249 g/mol. The van der Waals surface area contributed by atoms with Gasteiger partial charge in [0.2, 0.25) is 0 Å². The van der Waals surface area contributed by atoms with E-state index in [0.717, 1.165) is 12.1 Å². The molecule has 0 aromatic heterocycles. The molecule has 1 aromatic carbocycles. The molecule has 0 amide bonds. The van der Waals surface area contributed by atoms with Gasteiger partial charge in [0.1, 0.15) is 18.2 Å². The molecule has 1 rings (SSSR count). The van der Waals surface area contributed by atoms with Crippen molar-refractivity contribution in [2.24, 2.45) is 5.92 Å². The number of hydrogen-bond acceptors (Lipinski definition) is 2. The van der Waals surface area contributed by atoms with Crippen LogP contribution in [0.15, 0.2) is 18.2 Å². The second kappa shape index (κ2) is 7.73. The van der Waals surface area contributed by atoms with Gasteiger partial charge < -0.3 is 10.1 Å². The molecule has 0 saturated carbocycles. The second-order valence-corrected chi connectivity index (χ2v) is 4.49. The average Bonchev–Trinajstić information content (AvgIpc) is 2.31. The molecule has 18 heavy (non-hydrogen) atoms. The Hall–Kier alpha value is -1.53. The highest BCUT2D eigenvalue weighted by Crippen LogP contribution is 2.19. The van der Waals surface area contributed by atoms with Crippen LogP contribution in [0.2, 0.25) is 0 Å². The number of hydrogen-bond donors (Lipinski definition) is 1. The van der Waals surface area contributed by atoms with Gasteiger partial charge in [0.15, 0.2) is 0 Å². The molecule has 98 valence electrons. The average molecular weight is 249 g/mol. The Labute approximate surface area is 109 Å². The zero-order valence-electron chi connectivity index (χ0n) is 11.2. The Morgan fingerprint density at radius 3 is 2.83 bits per heavy atom. The van der Waals surface area contributed by atoms with Crippen LogP contribution >= 0.6 is 0 Å². The maximum atomic E-state index is 13.2. The normalized spacial score (nSPS) is 10.1. The topological polar surface area (TPSA) is 21.3 Å². The fourth-order valence-electron chi connectivity index (χ4n) is 1.51. The third kappa shape index (κ3) is 5.20. The van der Waals surface area contributed by atoms with Gasteiger partial charge in [-0.1, -0.05) is 19.8 Å². The Morgan fingerprint density at radius 2 is 2.17 bits per heavy atom. The highest BCUT2D eigenvalue weighted by molar-refractivity contribution is 5.34. The van der Waals surface area contributed by atoms with Crippen LogP contribution in [0.3, 0.4) is 0 Å². The molecule has 0 aliphatic rings. The lowest BCUT2D eigenvalue weighted by Crippen LogP contribution is -2.19. The summed E-state index contributed by atoms with van der Waals surface area (Å²) in [6.07, 6.45) is 0. The molecule has 0 unspecified atom stereocenters. The van der Waals surface area contributed by atoms with E-state index in [1.165, 1.54) is 12.1 Å². The lowest BCUT2D eigenvalue weighted by atomic mass is 10.1. The number of ether oxygens (including phenoxy) is 1. The molecule has 0 aliphatic carbocycles. The highest BCUT2D eigenvalue weighted by Gasteiger charge is 2.05. The van der Waals surface area contributed by atoms with Gasteiger partial charge in [0.25, 0.3) is 0 Å². The molecule has 0 bridgehead atoms. The molecule has 0 atom stereocenters. The third-order valence-corrected chi connectivity index (χ3v) is 2.37. The molecule has 1 N–H and O–H groups in total. The van der Waals surface area contributed by atoms with E-state index in [1.54, 1.807) is 13.0 Å². The summed E-state index contributed by atoms with van der Waals surface area (Å²) < 4.78 is 18.7. The molecular weight excluding hydrogens is 229 g/mol. The Balaban J connectivity index is 2.66. The van der Waals surface area contributed by atoms with Gasteiger partial charge in [-0.15, -0.1) is 5.92 Å². The maximum Gasteiger partial charge on any atom is 0.149 e. The predicted octanol–water partition coefficient (Wildman–Crippen LogP) is 2.97. The van der Waals surface area contributed by atoms with Crippen molar-refractivity contribution >= 4 is 0 Å². The van der Waals surface area contributed by atoms with E-state index in [1.807, 2.05) is 0 Å². The van der Waals surface area contributed by atoms with Crippen LogP contribution in [0.25, 0.3) is 0 Å². The second-order valence-electron chi connectivity index (χ2n) is 4.49. The summed E-state index contributed by atoms with van der Waals surface area (Å²) in [5, 5.41) is 3.28. The summed E-state index contributed by atoms with van der Waals surface area (Å²) in [6, 6.07) is 4.56. The minimum Gasteiger partial charge on any atom is -0.481 e. The van der Waals surface area contributed by atoms with E-state index < -0.39 is 0 Å². The van der Waals surface area contributed by atoms with Crippen molar-refractivity contribution in [1.29, 1.82) is 0 Å². The van der Waals surface area contributed by atoms with Gasteiger partial charge in [-0.25, -0.2) is 4.39 Å². The van der Waals surface area contributed by atoms with Gasteiger partial charge in [0, 0.05) is 12.1 Å². The maximum absolute atomic E-state index is 13.2. The van der Waals surface area contributed by atoms with Crippen LogP contribution in [-0.4, -0.2) is 13.2 Å². The molecule has 0 spiro atoms. The first kappa shape index (κ1) is 14.5. The minimum absolute atomic E-state index is 0.245. The van der Waals surface area contributed by atoms with E-state index in [0.29, 0.717) is 24.8 Å². The summed E-state index contributed by atoms with van der Waals surface area (Å²) in [6.45, 7) is 7.85. The lowest BCUT2D eigenvalue weighted by molar-refractivity contribution is 0.363. The fraction of sp³-hybridized carbons (Fsp3) is 0.467. The molecule has 1 aromatic rings. The van der Waals surface area contributed by atoms with Crippen LogP contribution < -0.4 is 10.1 Å². The van der Waals surface area contributed by atoms with E-state index in [-0.39, 0.29) is 5.82 Å². The van der Waals surface area contributed by atoms with Crippen molar-refractivity contribution in [3.8, 4) is 17.6 Å². The minimum atomic E-state index is -0.245. The number of halogens is 1. The van der Waals surface area contributed by atoms with E-state index in [4.69, 9.17) is 4.74 Å². The van der Waals surface area contributed by atoms with Gasteiger partial charge in [0.05, 0.1) is 0 Å². The summed E-state index contributed by atoms with van der Waals surface area (Å²) in [7, 11) is 0. The van der Waals surface area contributed by atoms with Crippen molar-refractivity contribution in [3.63, 3.8) is 0 Å². The van der Waals surface area contributed by atoms with Crippen LogP contribution in [0.1, 0.15) is 26.3 Å². The zero-order chi connectivity index (χ0) is 13.4. The summed E-state index contributed by atoms with van der Waals surface area (Å²) in [5.74, 6) is 6.60. The van der Waals surface area contributed by atoms with E-state index in [2.05, 4.69) is 31.0 Å². The van der Waals surface area contributed by atoms with E-state index >= 15 is 0 Å². The third-order valence-electron chi connectivity index (χ3n) is 2.37. The number of rotatable bonds is 6. The summed E-state index contributed by atoms with van der Waals surface area (Å²) >= 11 is 0. The molecular formula is C15H20FNO. The van der Waals surface area contributed by atoms with Crippen LogP contribution in [-0.2, 0) is 6.54 Å². The van der Waals surface area contributed by atoms with Crippen molar-refractivity contribution < 1.29 is 9.13 Å². The first-order chi connectivity index (χ1) is 8.63. The quantitative estimate of drug-likeness (QED) is 0.783. The van der Waals surface area contributed by atoms with Crippen molar-refractivity contribution in [3.05, 3.63) is 29.6 Å². The lowest BCUT2D eigenvalue weighted by Gasteiger charge is -2.12. The van der Waals surface area contributed by atoms with Crippen LogP contribution in [0, 0.1) is 23.6 Å². The van der Waals surface area contributed by atoms with Gasteiger partial charge in [-0.05, 0) is 37.6 Å². The van der Waals surface area contributed by atoms with Crippen molar-refractivity contribution in [2.75, 3.05) is 13.2 Å². The number of nitrogens with one attached hydrogen (secondary N) is 1. The molecule has 0 aliphatic heterocycles. The summed E-state index contributed by atoms with van der Waals surface area (Å²) in [5.41, 5.74) is 0.827. The molecule has 0 fully saturated rings. The van der Waals surface area contributed by atoms with Crippen molar-refractivity contribution in [1.82, 2.24) is 5.32 Å². The van der Waals surface area contributed by atoms with Gasteiger partial charge >= 0.3 is 0 Å². The van der Waals surface area contributed by atoms with E-state index in [9.17, 15) is 4.39 Å². The largest absolute Gasteiger partial charge is 0.481 e. The SMILES string of the molecule is CC#CCOc1ccc(F)cc1CNCC(C)C. The Kier molecular flexibility index (Phi) is 6.24. The van der Waals surface area contributed by atoms with Gasteiger partial charge in [-0.3, -0.25) is 0 Å². The van der Waals surface area contributed by atoms with Crippen LogP contribution in [0.4, 0.5) is 4.39 Å². The number of benzene rings is 1. The Morgan fingerprint density at radius 1 is 1.39 bits per heavy atom. The fourth-order valence-corrected chi connectivity index (χ4v) is 1.51.